The molecule has 12 aromatic rings. The topological polar surface area (TPSA) is 82.5 Å². The summed E-state index contributed by atoms with van der Waals surface area (Å²) in [5, 5.41) is 2.13. The van der Waals surface area contributed by atoms with Crippen LogP contribution >= 0.6 is 0 Å². The fourth-order valence-corrected chi connectivity index (χ4v) is 8.28. The zero-order chi connectivity index (χ0) is 47.1. The Kier molecular flexibility index (Phi) is 6.79. The number of nitrogens with zero attached hydrogens (tertiary/aromatic N) is 6. The van der Waals surface area contributed by atoms with E-state index in [4.69, 9.17) is 26.2 Å². The molecule has 0 unspecified atom stereocenters. The Morgan fingerprint density at radius 2 is 1.02 bits per heavy atom. The second-order valence-electron chi connectivity index (χ2n) is 14.8. The Morgan fingerprint density at radius 1 is 0.419 bits per heavy atom. The lowest BCUT2D eigenvalue weighted by molar-refractivity contribution is 0.670. The Balaban J connectivity index is 1.14. The second-order valence-corrected chi connectivity index (χ2v) is 14.8. The molecular weight excluding hydrogens is 761 g/mol. The third kappa shape index (κ3) is 6.02. The summed E-state index contributed by atoms with van der Waals surface area (Å²) >= 11 is 0. The van der Waals surface area contributed by atoms with Gasteiger partial charge in [0.2, 0.25) is 0 Å². The molecule has 0 radical (unpaired) electrons. The van der Waals surface area contributed by atoms with E-state index >= 15 is 0 Å². The van der Waals surface area contributed by atoms with Crippen LogP contribution in [0, 0.1) is 0 Å². The fraction of sp³-hybridized carbons (Fsp3) is 0. The maximum atomic E-state index is 9.23. The van der Waals surface area contributed by atoms with E-state index in [0.29, 0.717) is 34.0 Å². The molecule has 0 aliphatic carbocycles. The summed E-state index contributed by atoms with van der Waals surface area (Å²) in [4.78, 5) is 24.5. The third-order valence-corrected chi connectivity index (χ3v) is 11.1. The van der Waals surface area contributed by atoms with Crippen LogP contribution in [0.5, 0.6) is 0 Å². The summed E-state index contributed by atoms with van der Waals surface area (Å²) in [6, 6.07) is 42.0. The van der Waals surface area contributed by atoms with Gasteiger partial charge in [-0.15, -0.1) is 0 Å². The summed E-state index contributed by atoms with van der Waals surface area (Å²) in [7, 11) is 0. The third-order valence-electron chi connectivity index (χ3n) is 11.1. The van der Waals surface area contributed by atoms with Crippen molar-refractivity contribution < 1.29 is 14.0 Å². The predicted octanol–water partition coefficient (Wildman–Crippen LogP) is 13.7. The molecule has 0 atom stereocenters. The monoisotopic (exact) mass is 801 g/mol. The molecule has 7 heteroatoms. The summed E-state index contributed by atoms with van der Waals surface area (Å²) in [6.07, 6.45) is 7.05. The van der Waals surface area contributed by atoms with Gasteiger partial charge >= 0.3 is 0 Å². The first kappa shape index (κ1) is 28.8. The van der Waals surface area contributed by atoms with Crippen LogP contribution in [0.25, 0.3) is 117 Å². The standard InChI is InChI=1S/C55H34N6O/c1-5-23-48-43(17-1)44-18-2-6-24-49(44)61(48)50-25-7-3-20-47(50)55-59-53(36-14-9-13-35(29-36)42-21-10-22-46-45-19-4-8-26-51(45)62-52(42)46)58-54(60-55)41-31-39(37-15-11-27-56-33-37)30-40(32-41)38-16-12-28-57-34-38/h1-34H/i1D,2D,5D,17D,18D,23D,24D. The summed E-state index contributed by atoms with van der Waals surface area (Å²) in [5.41, 5.74) is 9.20. The van der Waals surface area contributed by atoms with Crippen molar-refractivity contribution in [1.29, 1.82) is 0 Å². The summed E-state index contributed by atoms with van der Waals surface area (Å²) in [6.45, 7) is 0. The molecular formula is C55H34N6O. The predicted molar refractivity (Wildman–Crippen MR) is 250 cm³/mol. The molecule has 5 heterocycles. The smallest absolute Gasteiger partial charge is 0.166 e. The van der Waals surface area contributed by atoms with Crippen LogP contribution in [0.2, 0.25) is 0 Å². The van der Waals surface area contributed by atoms with Crippen molar-refractivity contribution in [1.82, 2.24) is 29.5 Å². The van der Waals surface area contributed by atoms with Crippen molar-refractivity contribution in [2.45, 2.75) is 0 Å². The molecule has 290 valence electrons. The lowest BCUT2D eigenvalue weighted by Gasteiger charge is -2.15. The number of hydrogen-bond acceptors (Lipinski definition) is 6. The molecule has 62 heavy (non-hydrogen) atoms. The van der Waals surface area contributed by atoms with Crippen LogP contribution in [-0.2, 0) is 0 Å². The van der Waals surface area contributed by atoms with E-state index in [0.717, 1.165) is 55.3 Å². The number of aromatic nitrogens is 6. The lowest BCUT2D eigenvalue weighted by atomic mass is 9.97. The first-order valence-corrected chi connectivity index (χ1v) is 20.0. The van der Waals surface area contributed by atoms with E-state index in [9.17, 15) is 2.74 Å². The van der Waals surface area contributed by atoms with Gasteiger partial charge in [0.15, 0.2) is 17.5 Å². The molecule has 12 rings (SSSR count). The number of furan rings is 1. The van der Waals surface area contributed by atoms with Gasteiger partial charge in [-0.2, -0.15) is 0 Å². The van der Waals surface area contributed by atoms with Gasteiger partial charge in [0.25, 0.3) is 0 Å². The number of rotatable bonds is 7. The first-order valence-electron chi connectivity index (χ1n) is 23.5. The van der Waals surface area contributed by atoms with Crippen LogP contribution in [0.15, 0.2) is 211 Å². The van der Waals surface area contributed by atoms with Crippen LogP contribution in [0.3, 0.4) is 0 Å². The van der Waals surface area contributed by atoms with Crippen molar-refractivity contribution in [3.63, 3.8) is 0 Å². The average molecular weight is 802 g/mol. The molecule has 0 aliphatic heterocycles. The van der Waals surface area contributed by atoms with Crippen molar-refractivity contribution >= 4 is 43.7 Å². The summed E-state index contributed by atoms with van der Waals surface area (Å²) < 4.78 is 70.4. The van der Waals surface area contributed by atoms with E-state index < -0.39 is 12.1 Å². The van der Waals surface area contributed by atoms with Crippen molar-refractivity contribution in [2.75, 3.05) is 0 Å². The average Bonchev–Trinajstić information content (AvgIpc) is 3.97. The van der Waals surface area contributed by atoms with E-state index in [2.05, 4.69) is 22.1 Å². The minimum absolute atomic E-state index is 0.0434. The van der Waals surface area contributed by atoms with Crippen LogP contribution in [0.4, 0.5) is 0 Å². The molecule has 7 aromatic carbocycles. The molecule has 0 saturated heterocycles. The highest BCUT2D eigenvalue weighted by atomic mass is 16.3. The Morgan fingerprint density at radius 3 is 1.82 bits per heavy atom. The highest BCUT2D eigenvalue weighted by Gasteiger charge is 2.21. The number of hydrogen-bond donors (Lipinski definition) is 0. The van der Waals surface area contributed by atoms with E-state index in [1.165, 1.54) is 6.07 Å². The maximum Gasteiger partial charge on any atom is 0.166 e. The SMILES string of the molecule is [2H]c1cc([2H])c2c(c1[2H])c1c([2H])c([2H])c([2H])c([2H])c1n2-c1ccccc1-c1nc(-c2cc(-c3cccnc3)cc(-c3cccnc3)c2)nc(-c2cccc(-c3cccc4c3oc3ccccc34)c2)n1. The minimum atomic E-state index is -0.481. The van der Waals surface area contributed by atoms with Gasteiger partial charge in [-0.25, -0.2) is 15.0 Å². The zero-order valence-corrected chi connectivity index (χ0v) is 32.7. The molecule has 5 aromatic heterocycles. The zero-order valence-electron chi connectivity index (χ0n) is 39.7. The lowest BCUT2D eigenvalue weighted by Crippen LogP contribution is -2.04. The van der Waals surface area contributed by atoms with Gasteiger partial charge in [0, 0.05) is 79.7 Å². The van der Waals surface area contributed by atoms with Crippen molar-refractivity contribution in [3.05, 3.63) is 207 Å². The minimum Gasteiger partial charge on any atom is -0.455 e. The van der Waals surface area contributed by atoms with Gasteiger partial charge < -0.3 is 8.98 Å². The first-order chi connectivity index (χ1) is 33.6. The number of fused-ring (bicyclic) bond motifs is 6. The molecule has 0 amide bonds. The van der Waals surface area contributed by atoms with Gasteiger partial charge in [-0.1, -0.05) is 115 Å². The van der Waals surface area contributed by atoms with Gasteiger partial charge in [0.05, 0.1) is 26.3 Å². The van der Waals surface area contributed by atoms with E-state index in [-0.39, 0.29) is 57.8 Å². The summed E-state index contributed by atoms with van der Waals surface area (Å²) in [5.74, 6) is 0.912. The molecule has 0 spiro atoms. The second kappa shape index (κ2) is 14.6. The molecule has 0 N–H and O–H groups in total. The maximum absolute atomic E-state index is 9.23. The Bertz CT molecular complexity index is 4010. The van der Waals surface area contributed by atoms with Crippen LogP contribution in [0.1, 0.15) is 9.60 Å². The number of benzene rings is 7. The normalized spacial score (nSPS) is 13.1. The quantitative estimate of drug-likeness (QED) is 0.160. The van der Waals surface area contributed by atoms with Gasteiger partial charge in [0.1, 0.15) is 11.2 Å². The fourth-order valence-electron chi connectivity index (χ4n) is 8.28. The largest absolute Gasteiger partial charge is 0.455 e. The highest BCUT2D eigenvalue weighted by molar-refractivity contribution is 6.10. The molecule has 7 nitrogen and oxygen atoms in total. The van der Waals surface area contributed by atoms with E-state index in [1.807, 2.05) is 109 Å². The van der Waals surface area contributed by atoms with E-state index in [1.54, 1.807) is 41.5 Å². The Hall–Kier alpha value is -8.55. The molecule has 0 fully saturated rings. The van der Waals surface area contributed by atoms with Gasteiger partial charge in [-0.3, -0.25) is 9.97 Å². The Labute approximate surface area is 366 Å². The molecule has 0 saturated carbocycles. The van der Waals surface area contributed by atoms with Crippen LogP contribution < -0.4 is 0 Å². The number of pyridine rings is 2. The van der Waals surface area contributed by atoms with Gasteiger partial charge in [-0.05, 0) is 83.4 Å². The molecule has 0 bridgehead atoms. The molecule has 0 aliphatic rings. The van der Waals surface area contributed by atoms with Crippen molar-refractivity contribution in [3.8, 4) is 73.2 Å². The highest BCUT2D eigenvalue weighted by Crippen LogP contribution is 2.39. The van der Waals surface area contributed by atoms with Crippen molar-refractivity contribution in [2.24, 2.45) is 0 Å². The van der Waals surface area contributed by atoms with Crippen LogP contribution in [-0.4, -0.2) is 29.5 Å². The number of para-hydroxylation sites is 5.